The number of hydrogen-bond acceptors (Lipinski definition) is 4. The van der Waals surface area contributed by atoms with E-state index in [0.29, 0.717) is 25.0 Å². The quantitative estimate of drug-likeness (QED) is 0.271. The maximum absolute atomic E-state index is 5.94. The summed E-state index contributed by atoms with van der Waals surface area (Å²) in [5.41, 5.74) is 1.31. The van der Waals surface area contributed by atoms with Crippen LogP contribution in [-0.2, 0) is 11.2 Å². The molecule has 0 saturated carbocycles. The summed E-state index contributed by atoms with van der Waals surface area (Å²) in [4.78, 5) is 0. The molecule has 180 valence electrons. The number of rotatable bonds is 14. The Morgan fingerprint density at radius 3 is 2.06 bits per heavy atom. The highest BCUT2D eigenvalue weighted by Gasteiger charge is 2.15. The van der Waals surface area contributed by atoms with Crippen LogP contribution in [0.25, 0.3) is 0 Å². The Bertz CT molecular complexity index is 584. The first kappa shape index (κ1) is 29.5. The maximum Gasteiger partial charge on any atom is 0.161 e. The van der Waals surface area contributed by atoms with Gasteiger partial charge in [-0.2, -0.15) is 0 Å². The molecule has 4 nitrogen and oxygen atoms in total. The Hall–Kier alpha value is -1.52. The minimum absolute atomic E-state index is 0.625. The molecular weight excluding hydrogens is 386 g/mol. The van der Waals surface area contributed by atoms with Crippen LogP contribution in [0, 0.1) is 23.7 Å². The second kappa shape index (κ2) is 18.1. The molecule has 0 amide bonds. The van der Waals surface area contributed by atoms with Crippen molar-refractivity contribution in [2.45, 2.75) is 60.3 Å². The highest BCUT2D eigenvalue weighted by molar-refractivity contribution is 5.43. The van der Waals surface area contributed by atoms with E-state index in [9.17, 15) is 0 Å². The zero-order chi connectivity index (χ0) is 23.6. The fourth-order valence-electron chi connectivity index (χ4n) is 3.09. The molecule has 0 saturated heterocycles. The standard InChI is InChI=1S/C25H42O3.C2H7N/c1-19(2)21(5)11-8-9-12-23(20(3)4)17-22-13-14-24(27-7)25(18-22)28-16-10-15-26-6;1-3-2/h8-9,13-14,18-21,23H,10-12,15-17H2,1-7H3;3H,1-2H3/b9-8+;. The summed E-state index contributed by atoms with van der Waals surface area (Å²) in [6.07, 6.45) is 8.98. The number of benzene rings is 1. The third-order valence-corrected chi connectivity index (χ3v) is 5.67. The van der Waals surface area contributed by atoms with E-state index in [2.05, 4.69) is 64.2 Å². The summed E-state index contributed by atoms with van der Waals surface area (Å²) >= 11 is 0. The summed E-state index contributed by atoms with van der Waals surface area (Å²) in [5, 5.41) is 2.75. The molecule has 0 fully saturated rings. The lowest BCUT2D eigenvalue weighted by molar-refractivity contribution is 0.170. The molecule has 0 bridgehead atoms. The smallest absolute Gasteiger partial charge is 0.161 e. The predicted molar refractivity (Wildman–Crippen MR) is 134 cm³/mol. The highest BCUT2D eigenvalue weighted by Crippen LogP contribution is 2.31. The van der Waals surface area contributed by atoms with Gasteiger partial charge in [0.25, 0.3) is 0 Å². The lowest BCUT2D eigenvalue weighted by atomic mass is 9.86. The van der Waals surface area contributed by atoms with E-state index >= 15 is 0 Å². The monoisotopic (exact) mass is 435 g/mol. The Morgan fingerprint density at radius 1 is 0.871 bits per heavy atom. The molecule has 31 heavy (non-hydrogen) atoms. The van der Waals surface area contributed by atoms with Gasteiger partial charge in [-0.05, 0) is 74.7 Å². The average Bonchev–Trinajstić information content (AvgIpc) is 2.73. The number of allylic oxidation sites excluding steroid dienone is 2. The summed E-state index contributed by atoms with van der Waals surface area (Å²) in [5.74, 6) is 4.38. The van der Waals surface area contributed by atoms with Crippen LogP contribution in [0.4, 0.5) is 0 Å². The fraction of sp³-hybridized carbons (Fsp3) is 0.704. The number of nitrogens with one attached hydrogen (secondary N) is 1. The fourth-order valence-corrected chi connectivity index (χ4v) is 3.09. The van der Waals surface area contributed by atoms with Crippen molar-refractivity contribution in [1.82, 2.24) is 5.32 Å². The average molecular weight is 436 g/mol. The van der Waals surface area contributed by atoms with Crippen LogP contribution in [0.1, 0.15) is 59.4 Å². The first-order valence-electron chi connectivity index (χ1n) is 11.8. The van der Waals surface area contributed by atoms with Crippen LogP contribution in [-0.4, -0.2) is 41.5 Å². The third kappa shape index (κ3) is 13.5. The predicted octanol–water partition coefficient (Wildman–Crippen LogP) is 6.39. The minimum atomic E-state index is 0.625. The van der Waals surface area contributed by atoms with Gasteiger partial charge in [0, 0.05) is 20.1 Å². The van der Waals surface area contributed by atoms with E-state index < -0.39 is 0 Å². The van der Waals surface area contributed by atoms with E-state index in [1.807, 2.05) is 20.2 Å². The molecule has 2 atom stereocenters. The molecule has 0 aromatic heterocycles. The zero-order valence-corrected chi connectivity index (χ0v) is 21.7. The number of methoxy groups -OCH3 is 2. The van der Waals surface area contributed by atoms with Gasteiger partial charge in [0.15, 0.2) is 11.5 Å². The van der Waals surface area contributed by atoms with Crippen molar-refractivity contribution in [2.24, 2.45) is 23.7 Å². The summed E-state index contributed by atoms with van der Waals surface area (Å²) in [6.45, 7) is 12.9. The zero-order valence-electron chi connectivity index (χ0n) is 21.7. The van der Waals surface area contributed by atoms with Gasteiger partial charge in [-0.15, -0.1) is 0 Å². The van der Waals surface area contributed by atoms with Crippen molar-refractivity contribution < 1.29 is 14.2 Å². The van der Waals surface area contributed by atoms with Crippen molar-refractivity contribution in [2.75, 3.05) is 41.5 Å². The highest BCUT2D eigenvalue weighted by atomic mass is 16.5. The molecule has 4 heteroatoms. The molecule has 0 aliphatic carbocycles. The molecule has 1 aromatic rings. The van der Waals surface area contributed by atoms with E-state index in [4.69, 9.17) is 14.2 Å². The lowest BCUT2D eigenvalue weighted by Crippen LogP contribution is -2.12. The van der Waals surface area contributed by atoms with Crippen molar-refractivity contribution in [3.8, 4) is 11.5 Å². The minimum Gasteiger partial charge on any atom is -0.493 e. The third-order valence-electron chi connectivity index (χ3n) is 5.67. The maximum atomic E-state index is 5.94. The van der Waals surface area contributed by atoms with E-state index in [-0.39, 0.29) is 0 Å². The van der Waals surface area contributed by atoms with Gasteiger partial charge in [0.2, 0.25) is 0 Å². The SMILES string of the molecule is CNC.COCCCOc1cc(CC(C/C=C/CC(C)C(C)C)C(C)C)ccc1OC. The molecule has 0 heterocycles. The molecule has 1 rings (SSSR count). The van der Waals surface area contributed by atoms with Gasteiger partial charge in [0.1, 0.15) is 0 Å². The van der Waals surface area contributed by atoms with Gasteiger partial charge < -0.3 is 19.5 Å². The second-order valence-corrected chi connectivity index (χ2v) is 9.05. The van der Waals surface area contributed by atoms with Gasteiger partial charge in [-0.25, -0.2) is 0 Å². The second-order valence-electron chi connectivity index (χ2n) is 9.05. The van der Waals surface area contributed by atoms with Crippen LogP contribution < -0.4 is 14.8 Å². The first-order chi connectivity index (χ1) is 14.8. The van der Waals surface area contributed by atoms with E-state index in [0.717, 1.165) is 42.6 Å². The van der Waals surface area contributed by atoms with E-state index in [1.54, 1.807) is 14.2 Å². The van der Waals surface area contributed by atoms with Gasteiger partial charge in [-0.3, -0.25) is 0 Å². The summed E-state index contributed by atoms with van der Waals surface area (Å²) in [6, 6.07) is 6.34. The van der Waals surface area contributed by atoms with Crippen LogP contribution in [0.3, 0.4) is 0 Å². The van der Waals surface area contributed by atoms with Gasteiger partial charge in [-0.1, -0.05) is 52.8 Å². The van der Waals surface area contributed by atoms with Gasteiger partial charge >= 0.3 is 0 Å². The molecule has 0 radical (unpaired) electrons. The Labute approximate surface area is 192 Å². The molecule has 1 N–H and O–H groups in total. The molecule has 1 aromatic carbocycles. The summed E-state index contributed by atoms with van der Waals surface area (Å²) < 4.78 is 16.5. The van der Waals surface area contributed by atoms with Crippen molar-refractivity contribution in [3.05, 3.63) is 35.9 Å². The van der Waals surface area contributed by atoms with Crippen LogP contribution in [0.5, 0.6) is 11.5 Å². The number of hydrogen-bond donors (Lipinski definition) is 1. The largest absolute Gasteiger partial charge is 0.493 e. The Balaban J connectivity index is 0.00000282. The van der Waals surface area contributed by atoms with Crippen LogP contribution >= 0.6 is 0 Å². The molecule has 0 aliphatic heterocycles. The summed E-state index contributed by atoms with van der Waals surface area (Å²) in [7, 11) is 7.15. The van der Waals surface area contributed by atoms with Crippen LogP contribution in [0.15, 0.2) is 30.4 Å². The lowest BCUT2D eigenvalue weighted by Gasteiger charge is -2.20. The number of ether oxygens (including phenoxy) is 3. The van der Waals surface area contributed by atoms with Crippen molar-refractivity contribution in [3.63, 3.8) is 0 Å². The first-order valence-corrected chi connectivity index (χ1v) is 11.8. The van der Waals surface area contributed by atoms with Crippen LogP contribution in [0.2, 0.25) is 0 Å². The molecule has 0 spiro atoms. The van der Waals surface area contributed by atoms with Crippen molar-refractivity contribution >= 4 is 0 Å². The topological polar surface area (TPSA) is 39.7 Å². The van der Waals surface area contributed by atoms with E-state index in [1.165, 1.54) is 12.0 Å². The Morgan fingerprint density at radius 2 is 1.52 bits per heavy atom. The van der Waals surface area contributed by atoms with Crippen molar-refractivity contribution in [1.29, 1.82) is 0 Å². The Kier molecular flexibility index (Phi) is 17.2. The van der Waals surface area contributed by atoms with Gasteiger partial charge in [0.05, 0.1) is 13.7 Å². The molecule has 2 unspecified atom stereocenters. The molecule has 0 aliphatic rings. The molecular formula is C27H49NO3. The normalized spacial score (nSPS) is 13.3.